The Hall–Kier alpha value is -10.9. The summed E-state index contributed by atoms with van der Waals surface area (Å²) in [4.78, 5) is 5.41. The summed E-state index contributed by atoms with van der Waals surface area (Å²) in [6.07, 6.45) is -5.47. The highest BCUT2D eigenvalue weighted by molar-refractivity contribution is 7.00. The highest BCUT2D eigenvalue weighted by Crippen LogP contribution is 2.57. The van der Waals surface area contributed by atoms with Crippen LogP contribution in [-0.4, -0.2) is 15.8 Å². The van der Waals surface area contributed by atoms with Gasteiger partial charge in [0.25, 0.3) is 6.71 Å². The topological polar surface area (TPSA) is 16.3 Å². The number of anilines is 6. The molecule has 2 aromatic heterocycles. The molecular weight excluding hydrogens is 1600 g/mol. The number of nitrogens with zero attached hydrogens (tertiary/aromatic N) is 4. The van der Waals surface area contributed by atoms with Gasteiger partial charge >= 0.3 is 0 Å². The molecule has 4 heterocycles. The Bertz CT molecular complexity index is 6760. The highest BCUT2D eigenvalue weighted by atomic mass is 15.2. The highest BCUT2D eigenvalue weighted by Gasteiger charge is 2.47. The molecule has 0 bridgehead atoms. The van der Waals surface area contributed by atoms with E-state index in [1.54, 1.807) is 0 Å². The normalized spacial score (nSPS) is 15.2. The van der Waals surface area contributed by atoms with E-state index in [1.807, 2.05) is 132 Å². The third kappa shape index (κ3) is 19.2. The zero-order valence-electron chi connectivity index (χ0n) is 94.4. The van der Waals surface area contributed by atoms with E-state index in [0.29, 0.717) is 22.3 Å². The van der Waals surface area contributed by atoms with E-state index in [-0.39, 0.29) is 32.5 Å². The van der Waals surface area contributed by atoms with E-state index in [9.17, 15) is 11.0 Å². The number of fused-ring (bicyclic) bond motifs is 10. The van der Waals surface area contributed by atoms with Gasteiger partial charge in [0.1, 0.15) is 0 Å². The van der Waals surface area contributed by atoms with Crippen molar-refractivity contribution in [3.05, 3.63) is 304 Å². The van der Waals surface area contributed by atoms with Gasteiger partial charge in [-0.3, -0.25) is 0 Å². The number of benzene rings is 13. The summed E-state index contributed by atoms with van der Waals surface area (Å²) in [5, 5.41) is 3.32. The molecule has 5 heteroatoms. The SMILES string of the molecule is [2H]C([2H])(c1ccc2c(c1)c1cc(C([2H])([2H])C(C)(C)C)ccc1n2-c1ccc2c(c1)N(c1c(-c3cccc(C(C)(C)C)c3)cc(CC(C)(C)C)cc1-c1cccc(C(C)(C)C)c1)c1cc(C(C)(C)C)cc3c1B2c1ccc(-n2c4ccc(C([2H])([2H])C(C)(C)C)cc4c4cc(C([2H])([2H])C(C)(C)C)ccc42)cc1N3c1c(-c2cccc(C(C)(C)C)c2)cc(CC(C)(C)C)cc1-c1cccc(C(C)(C)C)c1)C(C)(C)C. The second kappa shape index (κ2) is 33.0. The molecule has 0 amide bonds. The molecule has 0 fully saturated rings. The van der Waals surface area contributed by atoms with Gasteiger partial charge in [0, 0.05) is 88.9 Å². The van der Waals surface area contributed by atoms with Crippen LogP contribution in [0.4, 0.5) is 34.1 Å². The third-order valence-corrected chi connectivity index (χ3v) is 26.4. The van der Waals surface area contributed by atoms with E-state index in [4.69, 9.17) is 0 Å². The third-order valence-electron chi connectivity index (χ3n) is 26.4. The molecule has 15 aromatic rings. The quantitative estimate of drug-likeness (QED) is 0.101. The standard InChI is InChI=1S/C128H151BN4/c1-118(2,3)74-80-46-54-107-101(58-80)102-59-81(75-119(4,5)6)47-55-108(102)130(107)95-50-52-105-111(72-95)132(116-97(86-38-34-42-90(66-86)124(19,20)21)62-84(78-122(13,14)15)63-98(116)87-39-35-43-91(67-87)125(22,23)24)113-70-94(128(31,32)33)71-114-115(113)129(105)106-53-51-96(131-109-56-48-82(76-120(7,8)9)60-103(109)104-61-83(49-57-110(104)131)77-121(10,11)12)73-112(106)133(114)117-99(88-40-36-44-92(68-88)126(25,26)27)64-85(79-123(16,17)18)65-100(117)89-41-37-45-93(69-89)127(28,29)30/h34-73H,74-79H2,1-33H3/i74D2,75D2,76D2,77D2. The largest absolute Gasteiger partial charge is 0.310 e. The summed E-state index contributed by atoms with van der Waals surface area (Å²) in [6.45, 7) is 72.2. The number of hydrogen-bond acceptors (Lipinski definition) is 2. The molecule has 0 unspecified atom stereocenters. The fourth-order valence-corrected chi connectivity index (χ4v) is 20.6. The Labute approximate surface area is 811 Å². The molecule has 0 spiro atoms. The monoisotopic (exact) mass is 1760 g/mol. The first-order valence-corrected chi connectivity index (χ1v) is 48.9. The molecule has 0 radical (unpaired) electrons. The van der Waals surface area contributed by atoms with Gasteiger partial charge in [-0.1, -0.05) is 362 Å². The van der Waals surface area contributed by atoms with Crippen LogP contribution >= 0.6 is 0 Å². The lowest BCUT2D eigenvalue weighted by Crippen LogP contribution is -2.61. The lowest BCUT2D eigenvalue weighted by molar-refractivity contribution is 0.411. The van der Waals surface area contributed by atoms with E-state index in [2.05, 4.69) is 358 Å². The van der Waals surface area contributed by atoms with Crippen molar-refractivity contribution >= 4 is 101 Å². The predicted molar refractivity (Wildman–Crippen MR) is 583 cm³/mol. The van der Waals surface area contributed by atoms with Crippen LogP contribution in [0.3, 0.4) is 0 Å². The van der Waals surface area contributed by atoms with E-state index in [0.717, 1.165) is 168 Å². The van der Waals surface area contributed by atoms with Crippen molar-refractivity contribution < 1.29 is 11.0 Å². The molecule has 0 saturated heterocycles. The first-order valence-electron chi connectivity index (χ1n) is 52.9. The van der Waals surface area contributed by atoms with Crippen molar-refractivity contribution in [1.82, 2.24) is 9.13 Å². The molecule has 0 N–H and O–H groups in total. The minimum absolute atomic E-state index is 0.130. The molecule has 4 nitrogen and oxygen atoms in total. The Morgan fingerprint density at radius 2 is 0.489 bits per heavy atom. The average Bonchev–Trinajstić information content (AvgIpc) is 0.817. The fraction of sp³-hybridized carbons (Fsp3) is 0.391. The van der Waals surface area contributed by atoms with Gasteiger partial charge in [0.2, 0.25) is 0 Å². The van der Waals surface area contributed by atoms with E-state index in [1.165, 1.54) is 33.4 Å². The van der Waals surface area contributed by atoms with Gasteiger partial charge in [-0.2, -0.15) is 0 Å². The maximum absolute atomic E-state index is 9.94. The fourth-order valence-electron chi connectivity index (χ4n) is 20.6. The van der Waals surface area contributed by atoms with Crippen LogP contribution in [0.25, 0.3) is 99.5 Å². The molecular formula is C128H151BN4. The van der Waals surface area contributed by atoms with Crippen LogP contribution in [0.1, 0.15) is 301 Å². The van der Waals surface area contributed by atoms with Gasteiger partial charge in [-0.15, -0.1) is 0 Å². The van der Waals surface area contributed by atoms with Gasteiger partial charge in [0.05, 0.1) is 33.4 Å². The summed E-state index contributed by atoms with van der Waals surface area (Å²) in [5.41, 5.74) is 29.1. The number of rotatable bonds is 14. The van der Waals surface area contributed by atoms with Crippen LogP contribution in [0, 0.1) is 32.5 Å². The first-order chi connectivity index (χ1) is 64.9. The van der Waals surface area contributed by atoms with Crippen LogP contribution in [0.5, 0.6) is 0 Å². The summed E-state index contributed by atoms with van der Waals surface area (Å²) in [7, 11) is 0. The lowest BCUT2D eigenvalue weighted by atomic mass is 9.33. The average molecular weight is 1760 g/mol. The van der Waals surface area contributed by atoms with Crippen molar-refractivity contribution in [3.8, 4) is 55.9 Å². The zero-order valence-corrected chi connectivity index (χ0v) is 86.4. The molecule has 17 rings (SSSR count). The zero-order chi connectivity index (χ0) is 103. The Morgan fingerprint density at radius 1 is 0.233 bits per heavy atom. The van der Waals surface area contributed by atoms with Crippen LogP contribution in [0.15, 0.2) is 243 Å². The Kier molecular flexibility index (Phi) is 20.8. The van der Waals surface area contributed by atoms with Gasteiger partial charge in [-0.25, -0.2) is 0 Å². The number of aromatic nitrogens is 2. The maximum Gasteiger partial charge on any atom is 0.252 e. The van der Waals surface area contributed by atoms with Gasteiger partial charge in [-0.05, 0) is 307 Å². The summed E-state index contributed by atoms with van der Waals surface area (Å²) >= 11 is 0. The molecule has 13 aromatic carbocycles. The second-order valence-corrected chi connectivity index (χ2v) is 50.7. The van der Waals surface area contributed by atoms with Gasteiger partial charge < -0.3 is 18.9 Å². The molecule has 0 aliphatic carbocycles. The smallest absolute Gasteiger partial charge is 0.252 e. The summed E-state index contributed by atoms with van der Waals surface area (Å²) < 4.78 is 84.3. The van der Waals surface area contributed by atoms with Crippen molar-refractivity contribution in [2.75, 3.05) is 9.80 Å². The Balaban J connectivity index is 1.11. The first kappa shape index (κ1) is 83.9. The number of hydrogen-bond donors (Lipinski definition) is 0. The molecule has 133 heavy (non-hydrogen) atoms. The summed E-state index contributed by atoms with van der Waals surface area (Å²) in [5.74, 6) is 0. The van der Waals surface area contributed by atoms with Crippen LogP contribution in [0.2, 0.25) is 0 Å². The predicted octanol–water partition coefficient (Wildman–Crippen LogP) is 34.7. The minimum Gasteiger partial charge on any atom is -0.310 e. The molecule has 686 valence electrons. The molecule has 0 atom stereocenters. The van der Waals surface area contributed by atoms with Gasteiger partial charge in [0.15, 0.2) is 0 Å². The van der Waals surface area contributed by atoms with E-state index >= 15 is 0 Å². The van der Waals surface area contributed by atoms with Crippen molar-refractivity contribution in [3.63, 3.8) is 0 Å². The van der Waals surface area contributed by atoms with Crippen molar-refractivity contribution in [2.24, 2.45) is 32.5 Å². The minimum atomic E-state index is -1.76. The second-order valence-electron chi connectivity index (χ2n) is 50.7. The Morgan fingerprint density at radius 3 is 0.722 bits per heavy atom. The van der Waals surface area contributed by atoms with Crippen LogP contribution < -0.4 is 26.2 Å². The molecule has 0 saturated carbocycles. The van der Waals surface area contributed by atoms with Crippen molar-refractivity contribution in [1.29, 1.82) is 0 Å². The van der Waals surface area contributed by atoms with E-state index < -0.39 is 59.3 Å². The summed E-state index contributed by atoms with van der Waals surface area (Å²) in [6, 6.07) is 91.6. The molecule has 2 aliphatic rings. The van der Waals surface area contributed by atoms with Crippen LogP contribution in [-0.2, 0) is 65.4 Å². The maximum atomic E-state index is 9.94. The van der Waals surface area contributed by atoms with Crippen molar-refractivity contribution in [2.45, 2.75) is 294 Å². The lowest BCUT2D eigenvalue weighted by Gasteiger charge is -2.46. The molecule has 2 aliphatic heterocycles.